The molecule has 1 aliphatic rings. The maximum atomic E-state index is 12.3. The number of likely N-dealkylation sites (tertiary alicyclic amines) is 1. The third kappa shape index (κ3) is 3.24. The summed E-state index contributed by atoms with van der Waals surface area (Å²) < 4.78 is 5.60. The highest BCUT2D eigenvalue weighted by Crippen LogP contribution is 2.27. The molecule has 1 heterocycles. The van der Waals surface area contributed by atoms with Crippen LogP contribution in [0.3, 0.4) is 0 Å². The molecule has 2 N–H and O–H groups in total. The zero-order valence-electron chi connectivity index (χ0n) is 12.3. The standard InChI is InChI=1S/C16H24N2O2/c1-3-13-9-8-12(2)18(13)16(19)10-11-20-15-7-5-4-6-14(15)17/h4-7,12-13H,3,8-11,17H2,1-2H3. The summed E-state index contributed by atoms with van der Waals surface area (Å²) >= 11 is 0. The third-order valence-corrected chi connectivity index (χ3v) is 4.04. The highest BCUT2D eigenvalue weighted by molar-refractivity contribution is 5.77. The van der Waals surface area contributed by atoms with Crippen molar-refractivity contribution in [2.75, 3.05) is 12.3 Å². The molecular formula is C16H24N2O2. The summed E-state index contributed by atoms with van der Waals surface area (Å²) in [7, 11) is 0. The minimum atomic E-state index is 0.191. The van der Waals surface area contributed by atoms with Gasteiger partial charge in [-0.25, -0.2) is 0 Å². The van der Waals surface area contributed by atoms with Crippen molar-refractivity contribution in [1.82, 2.24) is 4.90 Å². The van der Waals surface area contributed by atoms with Crippen LogP contribution in [0.5, 0.6) is 5.75 Å². The Hall–Kier alpha value is -1.71. The predicted molar refractivity (Wildman–Crippen MR) is 80.6 cm³/mol. The Morgan fingerprint density at radius 3 is 2.85 bits per heavy atom. The number of nitrogens with zero attached hydrogens (tertiary/aromatic N) is 1. The number of hydrogen-bond acceptors (Lipinski definition) is 3. The lowest BCUT2D eigenvalue weighted by molar-refractivity contribution is -0.134. The zero-order chi connectivity index (χ0) is 14.5. The average Bonchev–Trinajstić information content (AvgIpc) is 2.82. The molecule has 1 aromatic rings. The fourth-order valence-corrected chi connectivity index (χ4v) is 2.91. The van der Waals surface area contributed by atoms with Crippen LogP contribution in [-0.2, 0) is 4.79 Å². The second-order valence-electron chi connectivity index (χ2n) is 5.43. The van der Waals surface area contributed by atoms with Crippen LogP contribution < -0.4 is 10.5 Å². The highest BCUT2D eigenvalue weighted by Gasteiger charge is 2.32. The summed E-state index contributed by atoms with van der Waals surface area (Å²) in [6.07, 6.45) is 3.67. The van der Waals surface area contributed by atoms with E-state index in [2.05, 4.69) is 13.8 Å². The zero-order valence-corrected chi connectivity index (χ0v) is 12.3. The van der Waals surface area contributed by atoms with Gasteiger partial charge < -0.3 is 15.4 Å². The number of carbonyl (C=O) groups excluding carboxylic acids is 1. The maximum absolute atomic E-state index is 12.3. The second-order valence-corrected chi connectivity index (χ2v) is 5.43. The van der Waals surface area contributed by atoms with E-state index in [0.29, 0.717) is 36.5 Å². The molecule has 2 atom stereocenters. The van der Waals surface area contributed by atoms with Gasteiger partial charge in [-0.05, 0) is 38.3 Å². The van der Waals surface area contributed by atoms with Gasteiger partial charge in [-0.3, -0.25) is 4.79 Å². The van der Waals surface area contributed by atoms with Crippen LogP contribution in [0, 0.1) is 0 Å². The van der Waals surface area contributed by atoms with Crippen molar-refractivity contribution < 1.29 is 9.53 Å². The molecular weight excluding hydrogens is 252 g/mol. The number of benzene rings is 1. The van der Waals surface area contributed by atoms with E-state index in [1.807, 2.05) is 23.1 Å². The number of carbonyl (C=O) groups is 1. The van der Waals surface area contributed by atoms with E-state index < -0.39 is 0 Å². The van der Waals surface area contributed by atoms with Gasteiger partial charge in [0.1, 0.15) is 5.75 Å². The summed E-state index contributed by atoms with van der Waals surface area (Å²) in [6.45, 7) is 4.65. The van der Waals surface area contributed by atoms with Gasteiger partial charge >= 0.3 is 0 Å². The van der Waals surface area contributed by atoms with Gasteiger partial charge in [0.2, 0.25) is 5.91 Å². The lowest BCUT2D eigenvalue weighted by Crippen LogP contribution is -2.40. The minimum Gasteiger partial charge on any atom is -0.491 e. The van der Waals surface area contributed by atoms with E-state index in [1.165, 1.54) is 0 Å². The van der Waals surface area contributed by atoms with Gasteiger partial charge in [-0.1, -0.05) is 19.1 Å². The summed E-state index contributed by atoms with van der Waals surface area (Å²) in [5.41, 5.74) is 6.42. The first-order valence-electron chi connectivity index (χ1n) is 7.42. The minimum absolute atomic E-state index is 0.191. The van der Waals surface area contributed by atoms with E-state index in [0.717, 1.165) is 19.3 Å². The van der Waals surface area contributed by atoms with E-state index in [1.54, 1.807) is 6.07 Å². The van der Waals surface area contributed by atoms with Crippen molar-refractivity contribution in [3.8, 4) is 5.75 Å². The Kier molecular flexibility index (Phi) is 4.88. The van der Waals surface area contributed by atoms with Crippen molar-refractivity contribution in [2.45, 2.75) is 51.6 Å². The van der Waals surface area contributed by atoms with Gasteiger partial charge in [0.25, 0.3) is 0 Å². The van der Waals surface area contributed by atoms with Crippen LogP contribution in [0.4, 0.5) is 5.69 Å². The number of para-hydroxylation sites is 2. The molecule has 0 saturated carbocycles. The average molecular weight is 276 g/mol. The van der Waals surface area contributed by atoms with Crippen LogP contribution in [0.1, 0.15) is 39.5 Å². The quantitative estimate of drug-likeness (QED) is 0.841. The van der Waals surface area contributed by atoms with E-state index in [4.69, 9.17) is 10.5 Å². The van der Waals surface area contributed by atoms with Crippen molar-refractivity contribution in [3.63, 3.8) is 0 Å². The van der Waals surface area contributed by atoms with Gasteiger partial charge in [0, 0.05) is 12.1 Å². The SMILES string of the molecule is CCC1CCC(C)N1C(=O)CCOc1ccccc1N. The summed E-state index contributed by atoms with van der Waals surface area (Å²) in [6, 6.07) is 8.13. The Morgan fingerprint density at radius 1 is 1.40 bits per heavy atom. The molecule has 4 nitrogen and oxygen atoms in total. The number of nitrogen functional groups attached to an aromatic ring is 1. The number of amides is 1. The molecule has 1 aliphatic heterocycles. The fraction of sp³-hybridized carbons (Fsp3) is 0.562. The first-order chi connectivity index (χ1) is 9.63. The molecule has 1 aromatic carbocycles. The molecule has 0 spiro atoms. The molecule has 0 radical (unpaired) electrons. The summed E-state index contributed by atoms with van der Waals surface area (Å²) in [5.74, 6) is 0.846. The first kappa shape index (κ1) is 14.7. The number of ether oxygens (including phenoxy) is 1. The van der Waals surface area contributed by atoms with Crippen molar-refractivity contribution in [1.29, 1.82) is 0 Å². The predicted octanol–water partition coefficient (Wildman–Crippen LogP) is 2.83. The van der Waals surface area contributed by atoms with E-state index in [-0.39, 0.29) is 5.91 Å². The molecule has 0 aromatic heterocycles. The van der Waals surface area contributed by atoms with Crippen LogP contribution in [0.2, 0.25) is 0 Å². The molecule has 1 amide bonds. The largest absolute Gasteiger partial charge is 0.491 e. The lowest BCUT2D eigenvalue weighted by atomic mass is 10.1. The van der Waals surface area contributed by atoms with Crippen molar-refractivity contribution in [3.05, 3.63) is 24.3 Å². The van der Waals surface area contributed by atoms with Crippen LogP contribution in [0.25, 0.3) is 0 Å². The molecule has 2 rings (SSSR count). The van der Waals surface area contributed by atoms with Crippen LogP contribution >= 0.6 is 0 Å². The van der Waals surface area contributed by atoms with E-state index >= 15 is 0 Å². The van der Waals surface area contributed by atoms with Crippen LogP contribution in [-0.4, -0.2) is 29.5 Å². The fourth-order valence-electron chi connectivity index (χ4n) is 2.91. The number of hydrogen-bond donors (Lipinski definition) is 1. The Bertz CT molecular complexity index is 462. The van der Waals surface area contributed by atoms with Gasteiger partial charge in [0.15, 0.2) is 0 Å². The Morgan fingerprint density at radius 2 is 2.15 bits per heavy atom. The first-order valence-corrected chi connectivity index (χ1v) is 7.42. The molecule has 0 bridgehead atoms. The van der Waals surface area contributed by atoms with Gasteiger partial charge in [-0.2, -0.15) is 0 Å². The topological polar surface area (TPSA) is 55.6 Å². The summed E-state index contributed by atoms with van der Waals surface area (Å²) in [5, 5.41) is 0. The van der Waals surface area contributed by atoms with Crippen molar-refractivity contribution >= 4 is 11.6 Å². The lowest BCUT2D eigenvalue weighted by Gasteiger charge is -2.28. The Balaban J connectivity index is 1.85. The molecule has 20 heavy (non-hydrogen) atoms. The highest BCUT2D eigenvalue weighted by atomic mass is 16.5. The van der Waals surface area contributed by atoms with Crippen LogP contribution in [0.15, 0.2) is 24.3 Å². The number of anilines is 1. The number of nitrogens with two attached hydrogens (primary N) is 1. The molecule has 2 unspecified atom stereocenters. The Labute approximate surface area is 120 Å². The monoisotopic (exact) mass is 276 g/mol. The second kappa shape index (κ2) is 6.64. The van der Waals surface area contributed by atoms with E-state index in [9.17, 15) is 4.79 Å². The van der Waals surface area contributed by atoms with Gasteiger partial charge in [-0.15, -0.1) is 0 Å². The molecule has 0 aliphatic carbocycles. The summed E-state index contributed by atoms with van der Waals surface area (Å²) in [4.78, 5) is 14.4. The molecule has 1 fully saturated rings. The maximum Gasteiger partial charge on any atom is 0.226 e. The third-order valence-electron chi connectivity index (χ3n) is 4.04. The normalized spacial score (nSPS) is 22.0. The molecule has 1 saturated heterocycles. The molecule has 110 valence electrons. The van der Waals surface area contributed by atoms with Crippen molar-refractivity contribution in [2.24, 2.45) is 0 Å². The molecule has 4 heteroatoms. The van der Waals surface area contributed by atoms with Gasteiger partial charge in [0.05, 0.1) is 18.7 Å². The number of rotatable bonds is 5. The smallest absolute Gasteiger partial charge is 0.226 e.